The molecule has 1 heterocycles. The second kappa shape index (κ2) is 9.94. The van der Waals surface area contributed by atoms with Crippen molar-refractivity contribution in [1.29, 1.82) is 0 Å². The summed E-state index contributed by atoms with van der Waals surface area (Å²) < 4.78 is 0. The van der Waals surface area contributed by atoms with E-state index in [1.54, 1.807) is 60.7 Å². The number of anilines is 1. The lowest BCUT2D eigenvalue weighted by Gasteiger charge is -2.27. The van der Waals surface area contributed by atoms with Crippen LogP contribution in [0.25, 0.3) is 10.9 Å². The molecule has 5 rings (SSSR count). The number of hydrogen-bond acceptors (Lipinski definition) is 4. The standard InChI is InChI=1S/C31H24N2O3/c34-29(23-10-3-1-4-11-23)24-16-18-26(19-17-24)33-30(35)31(36,25-12-5-2-6-13-25)21-27-20-15-22-9-7-8-14-28(22)32-27/h1-20,36H,21H2,(H,33,35). The summed E-state index contributed by atoms with van der Waals surface area (Å²) in [5.41, 5.74) is 1.59. The third-order valence-electron chi connectivity index (χ3n) is 6.16. The first kappa shape index (κ1) is 23.1. The van der Waals surface area contributed by atoms with E-state index >= 15 is 0 Å². The number of aromatic nitrogens is 1. The molecule has 0 saturated carbocycles. The van der Waals surface area contributed by atoms with Crippen molar-refractivity contribution >= 4 is 28.3 Å². The van der Waals surface area contributed by atoms with Gasteiger partial charge in [0.1, 0.15) is 0 Å². The van der Waals surface area contributed by atoms with E-state index in [4.69, 9.17) is 0 Å². The van der Waals surface area contributed by atoms with Gasteiger partial charge in [-0.05, 0) is 42.0 Å². The first-order valence-electron chi connectivity index (χ1n) is 11.7. The van der Waals surface area contributed by atoms with Crippen molar-refractivity contribution in [3.8, 4) is 0 Å². The SMILES string of the molecule is O=C(c1ccccc1)c1ccc(NC(=O)C(O)(Cc2ccc3ccccc3n2)c2ccccc2)cc1. The van der Waals surface area contributed by atoms with E-state index in [1.807, 2.05) is 60.7 Å². The molecule has 1 unspecified atom stereocenters. The van der Waals surface area contributed by atoms with Crippen LogP contribution in [0.2, 0.25) is 0 Å². The molecule has 0 saturated heterocycles. The summed E-state index contributed by atoms with van der Waals surface area (Å²) in [6.07, 6.45) is -0.00173. The van der Waals surface area contributed by atoms with E-state index in [9.17, 15) is 14.7 Å². The lowest BCUT2D eigenvalue weighted by molar-refractivity contribution is -0.135. The van der Waals surface area contributed by atoms with Gasteiger partial charge in [-0.15, -0.1) is 0 Å². The molecule has 36 heavy (non-hydrogen) atoms. The average Bonchev–Trinajstić information content (AvgIpc) is 2.94. The smallest absolute Gasteiger partial charge is 0.261 e. The van der Waals surface area contributed by atoms with Crippen molar-refractivity contribution in [3.63, 3.8) is 0 Å². The van der Waals surface area contributed by atoms with Gasteiger partial charge in [-0.2, -0.15) is 0 Å². The number of carbonyl (C=O) groups is 2. The summed E-state index contributed by atoms with van der Waals surface area (Å²) in [5.74, 6) is -0.678. The zero-order chi connectivity index (χ0) is 25.0. The third-order valence-corrected chi connectivity index (χ3v) is 6.16. The van der Waals surface area contributed by atoms with E-state index in [0.717, 1.165) is 10.9 Å². The van der Waals surface area contributed by atoms with Crippen LogP contribution >= 0.6 is 0 Å². The Labute approximate surface area is 209 Å². The zero-order valence-electron chi connectivity index (χ0n) is 19.5. The maximum absolute atomic E-state index is 13.5. The van der Waals surface area contributed by atoms with Crippen molar-refractivity contribution in [3.05, 3.63) is 144 Å². The zero-order valence-corrected chi connectivity index (χ0v) is 19.5. The highest BCUT2D eigenvalue weighted by molar-refractivity contribution is 6.09. The summed E-state index contributed by atoms with van der Waals surface area (Å²) in [7, 11) is 0. The fourth-order valence-electron chi connectivity index (χ4n) is 4.19. The van der Waals surface area contributed by atoms with Crippen molar-refractivity contribution in [2.45, 2.75) is 12.0 Å². The number of aliphatic hydroxyl groups is 1. The molecule has 0 radical (unpaired) electrons. The molecule has 0 spiro atoms. The minimum Gasteiger partial charge on any atom is -0.375 e. The lowest BCUT2D eigenvalue weighted by atomic mass is 9.87. The lowest BCUT2D eigenvalue weighted by Crippen LogP contribution is -2.42. The molecule has 2 N–H and O–H groups in total. The number of pyridine rings is 1. The molecule has 0 aliphatic heterocycles. The molecule has 5 aromatic rings. The molecule has 0 aliphatic carbocycles. The largest absolute Gasteiger partial charge is 0.375 e. The molecule has 5 heteroatoms. The first-order chi connectivity index (χ1) is 17.5. The highest BCUT2D eigenvalue weighted by Gasteiger charge is 2.38. The number of carbonyl (C=O) groups excluding carboxylic acids is 2. The maximum atomic E-state index is 13.5. The van der Waals surface area contributed by atoms with Crippen LogP contribution in [0.4, 0.5) is 5.69 Å². The van der Waals surface area contributed by atoms with Crippen LogP contribution in [-0.2, 0) is 16.8 Å². The average molecular weight is 473 g/mol. The van der Waals surface area contributed by atoms with Crippen LogP contribution < -0.4 is 5.32 Å². The van der Waals surface area contributed by atoms with Crippen molar-refractivity contribution < 1.29 is 14.7 Å². The van der Waals surface area contributed by atoms with Crippen LogP contribution in [0.15, 0.2) is 121 Å². The highest BCUT2D eigenvalue weighted by atomic mass is 16.3. The molecular weight excluding hydrogens is 448 g/mol. The summed E-state index contributed by atoms with van der Waals surface area (Å²) >= 11 is 0. The Kier molecular flexibility index (Phi) is 6.39. The Bertz CT molecular complexity index is 1520. The van der Waals surface area contributed by atoms with E-state index in [-0.39, 0.29) is 12.2 Å². The molecule has 1 amide bonds. The van der Waals surface area contributed by atoms with Gasteiger partial charge in [0.15, 0.2) is 11.4 Å². The highest BCUT2D eigenvalue weighted by Crippen LogP contribution is 2.28. The van der Waals surface area contributed by atoms with E-state index in [2.05, 4.69) is 10.3 Å². The number of benzene rings is 4. The van der Waals surface area contributed by atoms with E-state index in [0.29, 0.717) is 28.1 Å². The van der Waals surface area contributed by atoms with Crippen LogP contribution in [0, 0.1) is 0 Å². The number of nitrogens with one attached hydrogen (secondary N) is 1. The van der Waals surface area contributed by atoms with Gasteiger partial charge in [0, 0.05) is 34.3 Å². The molecule has 176 valence electrons. The fourth-order valence-corrected chi connectivity index (χ4v) is 4.19. The monoisotopic (exact) mass is 472 g/mol. The van der Waals surface area contributed by atoms with Crippen LogP contribution in [0.5, 0.6) is 0 Å². The third kappa shape index (κ3) is 4.78. The Hall–Kier alpha value is -4.61. The first-order valence-corrected chi connectivity index (χ1v) is 11.7. The van der Waals surface area contributed by atoms with Gasteiger partial charge in [0.25, 0.3) is 5.91 Å². The fraction of sp³-hybridized carbons (Fsp3) is 0.0645. The van der Waals surface area contributed by atoms with E-state index < -0.39 is 11.5 Å². The number of nitrogens with zero attached hydrogens (tertiary/aromatic N) is 1. The Morgan fingerprint density at radius 2 is 1.31 bits per heavy atom. The Morgan fingerprint density at radius 1 is 0.694 bits per heavy atom. The maximum Gasteiger partial charge on any atom is 0.261 e. The predicted molar refractivity (Wildman–Crippen MR) is 141 cm³/mol. The molecular formula is C31H24N2O3. The molecule has 4 aromatic carbocycles. The Morgan fingerprint density at radius 3 is 2.03 bits per heavy atom. The van der Waals surface area contributed by atoms with Gasteiger partial charge in [0.2, 0.25) is 0 Å². The van der Waals surface area contributed by atoms with Crippen LogP contribution in [0.3, 0.4) is 0 Å². The summed E-state index contributed by atoms with van der Waals surface area (Å²) in [5, 5.41) is 15.5. The van der Waals surface area contributed by atoms with Crippen molar-refractivity contribution in [2.24, 2.45) is 0 Å². The second-order valence-corrected chi connectivity index (χ2v) is 8.62. The summed E-state index contributed by atoms with van der Waals surface area (Å²) in [6.45, 7) is 0. The molecule has 5 nitrogen and oxygen atoms in total. The van der Waals surface area contributed by atoms with Gasteiger partial charge >= 0.3 is 0 Å². The van der Waals surface area contributed by atoms with Gasteiger partial charge in [0.05, 0.1) is 5.52 Å². The molecule has 1 atom stereocenters. The quantitative estimate of drug-likeness (QED) is 0.305. The van der Waals surface area contributed by atoms with Crippen molar-refractivity contribution in [1.82, 2.24) is 4.98 Å². The number of fused-ring (bicyclic) bond motifs is 1. The second-order valence-electron chi connectivity index (χ2n) is 8.62. The number of para-hydroxylation sites is 1. The minimum absolute atomic E-state index is 0.00173. The topological polar surface area (TPSA) is 79.3 Å². The van der Waals surface area contributed by atoms with Gasteiger partial charge < -0.3 is 10.4 Å². The van der Waals surface area contributed by atoms with Crippen molar-refractivity contribution in [2.75, 3.05) is 5.32 Å². The molecule has 0 bridgehead atoms. The predicted octanol–water partition coefficient (Wildman–Crippen LogP) is 5.53. The molecule has 0 fully saturated rings. The van der Waals surface area contributed by atoms with E-state index in [1.165, 1.54) is 0 Å². The van der Waals surface area contributed by atoms with Gasteiger partial charge in [-0.25, -0.2) is 0 Å². The molecule has 1 aromatic heterocycles. The number of rotatable bonds is 7. The number of ketones is 1. The van der Waals surface area contributed by atoms with Crippen LogP contribution in [0.1, 0.15) is 27.2 Å². The minimum atomic E-state index is -1.85. The summed E-state index contributed by atoms with van der Waals surface area (Å²) in [4.78, 5) is 30.8. The summed E-state index contributed by atoms with van der Waals surface area (Å²) in [6, 6.07) is 36.0. The Balaban J connectivity index is 1.41. The van der Waals surface area contributed by atoms with Gasteiger partial charge in [-0.3, -0.25) is 14.6 Å². The number of hydrogen-bond donors (Lipinski definition) is 2. The molecule has 0 aliphatic rings. The van der Waals surface area contributed by atoms with Crippen LogP contribution in [-0.4, -0.2) is 21.8 Å². The normalized spacial score (nSPS) is 12.6. The van der Waals surface area contributed by atoms with Gasteiger partial charge in [-0.1, -0.05) is 84.9 Å². The number of amides is 1.